The number of anilines is 2. The van der Waals surface area contributed by atoms with Gasteiger partial charge in [0.15, 0.2) is 22.8 Å². The molecule has 4 N–H and O–H groups in total. The Kier molecular flexibility index (Phi) is 15.1. The van der Waals surface area contributed by atoms with Crippen LogP contribution in [0.5, 0.6) is 17.2 Å². The second-order valence-electron chi connectivity index (χ2n) is 23.4. The molecule has 418 valence electrons. The number of ether oxygens (including phenoxy) is 2. The number of furan rings is 1. The number of quaternary nitrogens is 1. The Balaban J connectivity index is 0.787. The van der Waals surface area contributed by atoms with Crippen LogP contribution in [-0.2, 0) is 23.0 Å². The highest BCUT2D eigenvalue weighted by atomic mass is 32.2. The van der Waals surface area contributed by atoms with Gasteiger partial charge in [-0.2, -0.15) is 0 Å². The number of allylic oxidation sites excluding steroid dienone is 1. The zero-order valence-corrected chi connectivity index (χ0v) is 46.9. The number of piperidine rings is 1. The van der Waals surface area contributed by atoms with Gasteiger partial charge in [-0.25, -0.2) is 22.5 Å². The van der Waals surface area contributed by atoms with E-state index in [1.165, 1.54) is 48.1 Å². The Morgan fingerprint density at radius 2 is 1.75 bits per heavy atom. The highest BCUT2D eigenvalue weighted by Gasteiger charge is 2.50. The molecule has 3 aliphatic carbocycles. The number of carbonyl (C=O) groups excluding carboxylic acids is 1. The van der Waals surface area contributed by atoms with Crippen molar-refractivity contribution in [1.82, 2.24) is 24.5 Å². The van der Waals surface area contributed by atoms with Gasteiger partial charge in [-0.3, -0.25) is 19.6 Å². The maximum Gasteiger partial charge on any atom is 0.268 e. The van der Waals surface area contributed by atoms with Gasteiger partial charge in [0.2, 0.25) is 0 Å². The normalized spacial score (nSPS) is 22.2. The lowest BCUT2D eigenvalue weighted by atomic mass is 9.59. The van der Waals surface area contributed by atoms with Crippen molar-refractivity contribution in [1.29, 1.82) is 0 Å². The van der Waals surface area contributed by atoms with Gasteiger partial charge in [-0.15, -0.1) is 0 Å². The fourth-order valence-corrected chi connectivity index (χ4v) is 13.9. The number of amides is 1. The summed E-state index contributed by atoms with van der Waals surface area (Å²) in [6.45, 7) is 14.1. The number of aryl methyl sites for hydroxylation is 1. The van der Waals surface area contributed by atoms with Crippen LogP contribution in [0.1, 0.15) is 128 Å². The average molecular weight is 1100 g/mol. The van der Waals surface area contributed by atoms with Crippen LogP contribution in [0.2, 0.25) is 0 Å². The molecular formula is C61H73FN8O8S. The number of aliphatic hydroxyl groups is 1. The van der Waals surface area contributed by atoms with Gasteiger partial charge in [-0.05, 0) is 136 Å². The molecule has 18 heteroatoms. The summed E-state index contributed by atoms with van der Waals surface area (Å²) >= 11 is 0. The van der Waals surface area contributed by atoms with E-state index in [9.17, 15) is 27.9 Å². The number of hydroxylamine groups is 1. The molecule has 11 rings (SSSR count). The van der Waals surface area contributed by atoms with E-state index in [-0.39, 0.29) is 50.8 Å². The highest BCUT2D eigenvalue weighted by molar-refractivity contribution is 7.90. The van der Waals surface area contributed by atoms with Gasteiger partial charge >= 0.3 is 0 Å². The standard InChI is InChI=1S/C61H73FN8O8S/c1-38(2)46-9-7-8-10-47(46)54-37-68(36-41-11-16-55(76-6)57-49(41)27-39(3)77-57)25-26-70(54)43-31-61(32-43)21-23-69(24-22-61)42-12-13-48(56(28-42)78-44-29-50-51(62)14-15-52(50)63-34-44)59(71)66-79(74,75)45-30-53(67(5)73)58(65-35-45)64-33-40-17-19-60(4,72)20-18-40/h7-14,16,27-30,34-35,38,40,43,54,67,72H,15,17-26,31-33,36-37H2,1-6H3,(H,64,65)(H,66,71)/t40-,54-,60-/m0/s1. The number of piperazine rings is 1. The minimum Gasteiger partial charge on any atom is -0.629 e. The van der Waals surface area contributed by atoms with Gasteiger partial charge in [0.1, 0.15) is 28.0 Å². The third-order valence-electron chi connectivity index (χ3n) is 17.6. The van der Waals surface area contributed by atoms with E-state index in [1.54, 1.807) is 19.2 Å². The van der Waals surface area contributed by atoms with Crippen LogP contribution >= 0.6 is 0 Å². The highest BCUT2D eigenvalue weighted by Crippen LogP contribution is 2.54. The minimum atomic E-state index is -4.55. The summed E-state index contributed by atoms with van der Waals surface area (Å²) in [5.41, 5.74) is 6.03. The number of methoxy groups -OCH3 is 1. The van der Waals surface area contributed by atoms with Gasteiger partial charge in [-0.1, -0.05) is 44.2 Å². The Morgan fingerprint density at radius 1 is 0.975 bits per heavy atom. The molecule has 5 heterocycles. The lowest BCUT2D eigenvalue weighted by Crippen LogP contribution is -2.98. The summed E-state index contributed by atoms with van der Waals surface area (Å²) in [6, 6.07) is 23.9. The molecule has 1 unspecified atom stereocenters. The number of nitrogens with one attached hydrogen (secondary N) is 3. The molecule has 1 amide bonds. The smallest absolute Gasteiger partial charge is 0.268 e. The van der Waals surface area contributed by atoms with E-state index >= 15 is 0 Å². The van der Waals surface area contributed by atoms with Gasteiger partial charge in [0.25, 0.3) is 15.9 Å². The molecule has 2 atom stereocenters. The van der Waals surface area contributed by atoms with Crippen LogP contribution in [-0.4, -0.2) is 104 Å². The van der Waals surface area contributed by atoms with E-state index in [0.717, 1.165) is 112 Å². The molecular weight excluding hydrogens is 1020 g/mol. The molecule has 4 fully saturated rings. The first kappa shape index (κ1) is 54.5. The monoisotopic (exact) mass is 1100 g/mol. The number of hydrogen-bond acceptors (Lipinski definition) is 14. The third kappa shape index (κ3) is 11.4. The fraction of sp³-hybridized carbons (Fsp3) is 0.459. The summed E-state index contributed by atoms with van der Waals surface area (Å²) in [4.78, 5) is 30.3. The number of halogens is 1. The number of hydrogen-bond donors (Lipinski definition) is 4. The molecule has 3 aromatic heterocycles. The summed E-state index contributed by atoms with van der Waals surface area (Å²) in [6.07, 6.45) is 11.5. The quantitative estimate of drug-likeness (QED) is 0.0670. The number of sulfonamides is 1. The number of fused-ring (bicyclic) bond motifs is 2. The summed E-state index contributed by atoms with van der Waals surface area (Å²) in [5.74, 6) is 1.39. The summed E-state index contributed by atoms with van der Waals surface area (Å²) in [7, 11) is -1.54. The first-order chi connectivity index (χ1) is 37.8. The predicted octanol–water partition coefficient (Wildman–Crippen LogP) is 9.75. The fourth-order valence-electron chi connectivity index (χ4n) is 13.0. The van der Waals surface area contributed by atoms with E-state index in [2.05, 4.69) is 85.0 Å². The molecule has 2 aliphatic heterocycles. The molecule has 0 bridgehead atoms. The summed E-state index contributed by atoms with van der Waals surface area (Å²) in [5, 5.41) is 27.2. The van der Waals surface area contributed by atoms with Crippen molar-refractivity contribution in [3.63, 3.8) is 0 Å². The first-order valence-electron chi connectivity index (χ1n) is 27.9. The molecule has 79 heavy (non-hydrogen) atoms. The van der Waals surface area contributed by atoms with E-state index < -0.39 is 32.4 Å². The molecule has 3 aromatic carbocycles. The van der Waals surface area contributed by atoms with Crippen molar-refractivity contribution >= 4 is 49.9 Å². The Bertz CT molecular complexity index is 3390. The van der Waals surface area contributed by atoms with Crippen molar-refractivity contribution in [2.75, 3.05) is 63.6 Å². The van der Waals surface area contributed by atoms with Crippen molar-refractivity contribution in [3.8, 4) is 17.2 Å². The largest absolute Gasteiger partial charge is 0.629 e. The van der Waals surface area contributed by atoms with Crippen LogP contribution in [0.25, 0.3) is 16.8 Å². The molecule has 6 aromatic rings. The van der Waals surface area contributed by atoms with Crippen LogP contribution in [0.15, 0.2) is 101 Å². The second-order valence-corrected chi connectivity index (χ2v) is 25.1. The molecule has 5 aliphatic rings. The number of aromatic nitrogens is 2. The van der Waals surface area contributed by atoms with E-state index in [1.807, 2.05) is 26.0 Å². The van der Waals surface area contributed by atoms with Crippen molar-refractivity contribution in [3.05, 3.63) is 136 Å². The first-order valence-corrected chi connectivity index (χ1v) is 29.4. The average Bonchev–Trinajstić information content (AvgIpc) is 4.13. The Labute approximate surface area is 462 Å². The van der Waals surface area contributed by atoms with Crippen molar-refractivity contribution < 1.29 is 41.7 Å². The number of carbonyl (C=O) groups is 1. The molecule has 16 nitrogen and oxygen atoms in total. The summed E-state index contributed by atoms with van der Waals surface area (Å²) < 4.78 is 63.1. The number of pyridine rings is 2. The Morgan fingerprint density at radius 3 is 2.49 bits per heavy atom. The van der Waals surface area contributed by atoms with Crippen LogP contribution in [0, 0.1) is 23.5 Å². The second kappa shape index (κ2) is 21.9. The van der Waals surface area contributed by atoms with Crippen LogP contribution in [0.3, 0.4) is 0 Å². The maximum atomic E-state index is 14.9. The molecule has 0 radical (unpaired) electrons. The molecule has 2 saturated heterocycles. The number of rotatable bonds is 16. The van der Waals surface area contributed by atoms with E-state index in [0.29, 0.717) is 49.0 Å². The Hall–Kier alpha value is -6.41. The van der Waals surface area contributed by atoms with Crippen molar-refractivity contribution in [2.45, 2.75) is 121 Å². The maximum absolute atomic E-state index is 14.9. The zero-order chi connectivity index (χ0) is 55.4. The van der Waals surface area contributed by atoms with Crippen LogP contribution in [0.4, 0.5) is 21.6 Å². The van der Waals surface area contributed by atoms with E-state index in [4.69, 9.17) is 13.9 Å². The lowest BCUT2D eigenvalue weighted by Gasteiger charge is -2.58. The van der Waals surface area contributed by atoms with Gasteiger partial charge < -0.3 is 39.5 Å². The SMILES string of the molecule is COc1ccc(CN2CCN(C3CC4(CCN(c5ccc(C(=O)NS(=O)(=O)c6cnc(NC[C@H]7CC[C@](C)(O)CC7)c([NH+](C)[O-])c6)c(Oc6cnc7c(c6)C(F)=CC7)c5)CC4)C3)[C@H](c3ccccc3C(C)C)C2)c2cc(C)oc12. The molecule has 2 saturated carbocycles. The predicted molar refractivity (Wildman–Crippen MR) is 303 cm³/mol. The third-order valence-corrected chi connectivity index (χ3v) is 18.9. The zero-order valence-electron chi connectivity index (χ0n) is 46.1. The van der Waals surface area contributed by atoms with Crippen LogP contribution < -0.4 is 29.5 Å². The minimum absolute atomic E-state index is 0.0637. The lowest BCUT2D eigenvalue weighted by molar-refractivity contribution is -0.751. The van der Waals surface area contributed by atoms with Gasteiger partial charge in [0.05, 0.1) is 43.4 Å². The van der Waals surface area contributed by atoms with Gasteiger partial charge in [0, 0.05) is 93.1 Å². The topological polar surface area (TPSA) is 190 Å². The number of nitrogens with zero attached hydrogens (tertiary/aromatic N) is 5. The van der Waals surface area contributed by atoms with Crippen molar-refractivity contribution in [2.24, 2.45) is 11.3 Å². The molecule has 1 spiro atoms. The number of benzene rings is 3.